The largest absolute Gasteiger partial charge is 0.497 e. The number of aryl methyl sites for hydroxylation is 2. The van der Waals surface area contributed by atoms with Gasteiger partial charge in [0.15, 0.2) is 0 Å². The van der Waals surface area contributed by atoms with Crippen molar-refractivity contribution in [1.29, 1.82) is 0 Å². The van der Waals surface area contributed by atoms with E-state index in [0.717, 1.165) is 5.75 Å². The average Bonchev–Trinajstić information content (AvgIpc) is 2.91. The standard InChI is InChI=1S/C12H13NO.C2H6/c1-14-8-5-6-12-10(7-8)9-3-2-4-11(9)13-12;1-2/h5-7,13H,2-4H2,1H3;1-2H3. The number of methoxy groups -OCH3 is 1. The van der Waals surface area contributed by atoms with Gasteiger partial charge >= 0.3 is 0 Å². The Morgan fingerprint density at radius 2 is 2.00 bits per heavy atom. The second-order valence-electron chi connectivity index (χ2n) is 3.85. The lowest BCUT2D eigenvalue weighted by molar-refractivity contribution is 0.415. The number of hydrogen-bond donors (Lipinski definition) is 1. The maximum absolute atomic E-state index is 5.24. The topological polar surface area (TPSA) is 25.0 Å². The minimum Gasteiger partial charge on any atom is -0.497 e. The molecule has 0 aliphatic heterocycles. The molecule has 0 amide bonds. The maximum atomic E-state index is 5.24. The van der Waals surface area contributed by atoms with Crippen molar-refractivity contribution in [2.45, 2.75) is 33.1 Å². The van der Waals surface area contributed by atoms with Crippen molar-refractivity contribution in [1.82, 2.24) is 4.98 Å². The Bertz CT molecular complexity index is 485. The van der Waals surface area contributed by atoms with Crippen molar-refractivity contribution in [3.8, 4) is 5.75 Å². The smallest absolute Gasteiger partial charge is 0.119 e. The number of H-pyrrole nitrogens is 1. The molecule has 1 N–H and O–H groups in total. The van der Waals surface area contributed by atoms with Crippen LogP contribution in [0.1, 0.15) is 31.5 Å². The zero-order valence-electron chi connectivity index (χ0n) is 10.3. The number of hydrogen-bond acceptors (Lipinski definition) is 1. The van der Waals surface area contributed by atoms with Crippen LogP contribution in [-0.4, -0.2) is 12.1 Å². The molecule has 1 aliphatic carbocycles. The van der Waals surface area contributed by atoms with E-state index in [1.165, 1.54) is 41.4 Å². The molecule has 0 saturated carbocycles. The Balaban J connectivity index is 0.000000457. The summed E-state index contributed by atoms with van der Waals surface area (Å²) in [5, 5.41) is 1.34. The number of ether oxygens (including phenoxy) is 1. The molecule has 0 spiro atoms. The summed E-state index contributed by atoms with van der Waals surface area (Å²) in [5.74, 6) is 0.950. The van der Waals surface area contributed by atoms with Gasteiger partial charge in [-0.25, -0.2) is 0 Å². The van der Waals surface area contributed by atoms with Crippen LogP contribution in [0.4, 0.5) is 0 Å². The van der Waals surface area contributed by atoms with Crippen LogP contribution >= 0.6 is 0 Å². The second-order valence-corrected chi connectivity index (χ2v) is 3.85. The van der Waals surface area contributed by atoms with Gasteiger partial charge in [-0.05, 0) is 43.0 Å². The van der Waals surface area contributed by atoms with Crippen LogP contribution in [0, 0.1) is 0 Å². The Labute approximate surface area is 96.6 Å². The predicted octanol–water partition coefficient (Wildman–Crippen LogP) is 3.69. The van der Waals surface area contributed by atoms with Gasteiger partial charge in [-0.2, -0.15) is 0 Å². The number of aromatic amines is 1. The van der Waals surface area contributed by atoms with Crippen molar-refractivity contribution in [2.24, 2.45) is 0 Å². The molecule has 0 unspecified atom stereocenters. The fourth-order valence-electron chi connectivity index (χ4n) is 2.35. The molecule has 1 aromatic carbocycles. The van der Waals surface area contributed by atoms with Gasteiger partial charge in [0.1, 0.15) is 5.75 Å². The van der Waals surface area contributed by atoms with E-state index in [-0.39, 0.29) is 0 Å². The summed E-state index contributed by atoms with van der Waals surface area (Å²) in [5.41, 5.74) is 4.17. The van der Waals surface area contributed by atoms with E-state index in [1.807, 2.05) is 19.9 Å². The predicted molar refractivity (Wildman–Crippen MR) is 68.2 cm³/mol. The molecule has 0 atom stereocenters. The number of nitrogens with one attached hydrogen (secondary N) is 1. The molecule has 16 heavy (non-hydrogen) atoms. The fourth-order valence-corrected chi connectivity index (χ4v) is 2.35. The Kier molecular flexibility index (Phi) is 3.18. The van der Waals surface area contributed by atoms with Crippen LogP contribution < -0.4 is 4.74 Å². The van der Waals surface area contributed by atoms with E-state index in [1.54, 1.807) is 7.11 Å². The first kappa shape index (κ1) is 11.1. The lowest BCUT2D eigenvalue weighted by Gasteiger charge is -1.99. The van der Waals surface area contributed by atoms with Crippen molar-refractivity contribution in [2.75, 3.05) is 7.11 Å². The van der Waals surface area contributed by atoms with E-state index in [4.69, 9.17) is 4.74 Å². The van der Waals surface area contributed by atoms with E-state index < -0.39 is 0 Å². The molecular weight excluding hydrogens is 198 g/mol. The minimum absolute atomic E-state index is 0.950. The van der Waals surface area contributed by atoms with Crippen LogP contribution in [-0.2, 0) is 12.8 Å². The summed E-state index contributed by atoms with van der Waals surface area (Å²) in [6.07, 6.45) is 3.70. The molecule has 86 valence electrons. The summed E-state index contributed by atoms with van der Waals surface area (Å²) < 4.78 is 5.24. The first-order chi connectivity index (χ1) is 7.88. The molecule has 2 nitrogen and oxygen atoms in total. The van der Waals surface area contributed by atoms with Crippen molar-refractivity contribution < 1.29 is 4.74 Å². The first-order valence-electron chi connectivity index (χ1n) is 6.06. The molecule has 2 heteroatoms. The summed E-state index contributed by atoms with van der Waals surface area (Å²) in [7, 11) is 1.72. The highest BCUT2D eigenvalue weighted by molar-refractivity contribution is 5.86. The third-order valence-electron chi connectivity index (χ3n) is 3.06. The summed E-state index contributed by atoms with van der Waals surface area (Å²) in [6, 6.07) is 6.25. The van der Waals surface area contributed by atoms with Crippen LogP contribution in [0.2, 0.25) is 0 Å². The van der Waals surface area contributed by atoms with Crippen molar-refractivity contribution in [3.05, 3.63) is 29.5 Å². The zero-order valence-corrected chi connectivity index (χ0v) is 10.3. The molecule has 1 heterocycles. The van der Waals surface area contributed by atoms with E-state index in [2.05, 4.69) is 17.1 Å². The maximum Gasteiger partial charge on any atom is 0.119 e. The molecule has 3 rings (SSSR count). The van der Waals surface area contributed by atoms with E-state index >= 15 is 0 Å². The summed E-state index contributed by atoms with van der Waals surface area (Å²) >= 11 is 0. The van der Waals surface area contributed by atoms with E-state index in [0.29, 0.717) is 0 Å². The molecule has 1 aliphatic rings. The number of aromatic nitrogens is 1. The van der Waals surface area contributed by atoms with Gasteiger partial charge in [-0.15, -0.1) is 0 Å². The van der Waals surface area contributed by atoms with Crippen LogP contribution in [0.25, 0.3) is 10.9 Å². The molecule has 0 bridgehead atoms. The van der Waals surface area contributed by atoms with Crippen LogP contribution in [0.15, 0.2) is 18.2 Å². The molecule has 0 fully saturated rings. The Morgan fingerprint density at radius 1 is 1.19 bits per heavy atom. The SMILES string of the molecule is CC.COc1ccc2[nH]c3c(c2c1)CCC3. The lowest BCUT2D eigenvalue weighted by Crippen LogP contribution is -1.82. The zero-order chi connectivity index (χ0) is 11.5. The molecule has 0 radical (unpaired) electrons. The molecule has 2 aromatic rings. The minimum atomic E-state index is 0.950. The molecule has 1 aromatic heterocycles. The fraction of sp³-hybridized carbons (Fsp3) is 0.429. The summed E-state index contributed by atoms with van der Waals surface area (Å²) in [6.45, 7) is 4.00. The lowest BCUT2D eigenvalue weighted by atomic mass is 10.1. The highest BCUT2D eigenvalue weighted by Gasteiger charge is 2.16. The number of fused-ring (bicyclic) bond motifs is 3. The van der Waals surface area contributed by atoms with Gasteiger partial charge in [0.25, 0.3) is 0 Å². The van der Waals surface area contributed by atoms with Crippen molar-refractivity contribution >= 4 is 10.9 Å². The highest BCUT2D eigenvalue weighted by Crippen LogP contribution is 2.31. The summed E-state index contributed by atoms with van der Waals surface area (Å²) in [4.78, 5) is 3.47. The van der Waals surface area contributed by atoms with Gasteiger partial charge < -0.3 is 9.72 Å². The Hall–Kier alpha value is -1.44. The van der Waals surface area contributed by atoms with Crippen LogP contribution in [0.3, 0.4) is 0 Å². The van der Waals surface area contributed by atoms with E-state index in [9.17, 15) is 0 Å². The van der Waals surface area contributed by atoms with Gasteiger partial charge in [0.05, 0.1) is 7.11 Å². The molecule has 0 saturated heterocycles. The first-order valence-corrected chi connectivity index (χ1v) is 6.06. The van der Waals surface area contributed by atoms with Gasteiger partial charge in [0, 0.05) is 16.6 Å². The van der Waals surface area contributed by atoms with Gasteiger partial charge in [-0.1, -0.05) is 13.8 Å². The third kappa shape index (κ3) is 1.69. The highest BCUT2D eigenvalue weighted by atomic mass is 16.5. The van der Waals surface area contributed by atoms with Gasteiger partial charge in [0.2, 0.25) is 0 Å². The van der Waals surface area contributed by atoms with Crippen LogP contribution in [0.5, 0.6) is 5.75 Å². The van der Waals surface area contributed by atoms with Gasteiger partial charge in [-0.3, -0.25) is 0 Å². The monoisotopic (exact) mass is 217 g/mol. The quantitative estimate of drug-likeness (QED) is 0.774. The third-order valence-corrected chi connectivity index (χ3v) is 3.06. The van der Waals surface area contributed by atoms with Crippen molar-refractivity contribution in [3.63, 3.8) is 0 Å². The second kappa shape index (κ2) is 4.60. The normalized spacial score (nSPS) is 13.2. The average molecular weight is 217 g/mol. The number of benzene rings is 1. The number of rotatable bonds is 1. The molecular formula is C14H19NO. The Morgan fingerprint density at radius 3 is 2.75 bits per heavy atom.